The molecule has 0 aliphatic carbocycles. The van der Waals surface area contributed by atoms with E-state index in [1.807, 2.05) is 36.1 Å². The van der Waals surface area contributed by atoms with Gasteiger partial charge in [-0.05, 0) is 44.2 Å². The van der Waals surface area contributed by atoms with Crippen molar-refractivity contribution in [1.29, 1.82) is 0 Å². The number of hydrogen-bond acceptors (Lipinski definition) is 2. The van der Waals surface area contributed by atoms with Crippen LogP contribution in [0.4, 0.5) is 0 Å². The number of likely N-dealkylation sites (tertiary alicyclic amines) is 1. The van der Waals surface area contributed by atoms with Gasteiger partial charge in [-0.1, -0.05) is 18.2 Å². The van der Waals surface area contributed by atoms with E-state index < -0.39 is 0 Å². The number of aryl methyl sites for hydroxylation is 1. The van der Waals surface area contributed by atoms with E-state index in [4.69, 9.17) is 5.73 Å². The van der Waals surface area contributed by atoms with Crippen LogP contribution in [-0.2, 0) is 0 Å². The number of nitrogens with zero attached hydrogens (tertiary/aromatic N) is 1. The summed E-state index contributed by atoms with van der Waals surface area (Å²) in [5, 5.41) is 0. The average molecular weight is 246 g/mol. The van der Waals surface area contributed by atoms with E-state index >= 15 is 0 Å². The van der Waals surface area contributed by atoms with Gasteiger partial charge < -0.3 is 10.6 Å². The van der Waals surface area contributed by atoms with Crippen LogP contribution in [0.1, 0.15) is 35.7 Å². The SMILES string of the molecule is Cc1ccccc1C(=O)N1CCC(C(C)N)CC1. The molecule has 1 aromatic rings. The van der Waals surface area contributed by atoms with Crippen LogP contribution in [0.2, 0.25) is 0 Å². The minimum atomic E-state index is 0.163. The molecular formula is C15H22N2O. The van der Waals surface area contributed by atoms with E-state index in [1.165, 1.54) is 0 Å². The summed E-state index contributed by atoms with van der Waals surface area (Å²) < 4.78 is 0. The quantitative estimate of drug-likeness (QED) is 0.869. The number of piperidine rings is 1. The summed E-state index contributed by atoms with van der Waals surface area (Å²) in [5.74, 6) is 0.724. The topological polar surface area (TPSA) is 46.3 Å². The summed E-state index contributed by atoms with van der Waals surface area (Å²) >= 11 is 0. The van der Waals surface area contributed by atoms with Crippen LogP contribution in [0.15, 0.2) is 24.3 Å². The van der Waals surface area contributed by atoms with Crippen molar-refractivity contribution in [3.63, 3.8) is 0 Å². The van der Waals surface area contributed by atoms with E-state index in [0.29, 0.717) is 5.92 Å². The van der Waals surface area contributed by atoms with Crippen LogP contribution in [0.5, 0.6) is 0 Å². The van der Waals surface area contributed by atoms with Gasteiger partial charge in [-0.15, -0.1) is 0 Å². The third kappa shape index (κ3) is 2.72. The standard InChI is InChI=1S/C15H22N2O/c1-11-5-3-4-6-14(11)15(18)17-9-7-13(8-10-17)12(2)16/h3-6,12-13H,7-10,16H2,1-2H3. The molecule has 3 heteroatoms. The van der Waals surface area contributed by atoms with Crippen molar-refractivity contribution in [3.8, 4) is 0 Å². The summed E-state index contributed by atoms with van der Waals surface area (Å²) in [6.07, 6.45) is 2.05. The number of benzene rings is 1. The van der Waals surface area contributed by atoms with Crippen molar-refractivity contribution in [3.05, 3.63) is 35.4 Å². The van der Waals surface area contributed by atoms with Gasteiger partial charge >= 0.3 is 0 Å². The molecule has 0 aromatic heterocycles. The lowest BCUT2D eigenvalue weighted by atomic mass is 9.90. The molecule has 0 radical (unpaired) electrons. The summed E-state index contributed by atoms with van der Waals surface area (Å²) in [7, 11) is 0. The van der Waals surface area contributed by atoms with E-state index in [9.17, 15) is 4.79 Å². The fourth-order valence-corrected chi connectivity index (χ4v) is 2.61. The monoisotopic (exact) mass is 246 g/mol. The van der Waals surface area contributed by atoms with Crippen LogP contribution in [0.25, 0.3) is 0 Å². The number of amides is 1. The Labute approximate surface area is 109 Å². The molecule has 0 saturated carbocycles. The third-order valence-electron chi connectivity index (χ3n) is 3.95. The molecule has 1 aromatic carbocycles. The largest absolute Gasteiger partial charge is 0.339 e. The Kier molecular flexibility index (Phi) is 4.02. The Hall–Kier alpha value is -1.35. The lowest BCUT2D eigenvalue weighted by Crippen LogP contribution is -2.42. The van der Waals surface area contributed by atoms with Crippen LogP contribution in [0.3, 0.4) is 0 Å². The zero-order valence-corrected chi connectivity index (χ0v) is 11.2. The highest BCUT2D eigenvalue weighted by Gasteiger charge is 2.25. The Bertz CT molecular complexity index is 420. The van der Waals surface area contributed by atoms with Crippen LogP contribution < -0.4 is 5.73 Å². The van der Waals surface area contributed by atoms with Gasteiger partial charge in [0.1, 0.15) is 0 Å². The van der Waals surface area contributed by atoms with Gasteiger partial charge in [-0.25, -0.2) is 0 Å². The minimum absolute atomic E-state index is 0.163. The van der Waals surface area contributed by atoms with Crippen molar-refractivity contribution in [2.75, 3.05) is 13.1 Å². The molecule has 1 amide bonds. The molecule has 1 aliphatic rings. The summed E-state index contributed by atoms with van der Waals surface area (Å²) in [6, 6.07) is 8.03. The van der Waals surface area contributed by atoms with Crippen LogP contribution in [-0.4, -0.2) is 29.9 Å². The first-order valence-corrected chi connectivity index (χ1v) is 6.70. The summed E-state index contributed by atoms with van der Waals surface area (Å²) in [5.41, 5.74) is 7.80. The van der Waals surface area contributed by atoms with Crippen molar-refractivity contribution < 1.29 is 4.79 Å². The molecule has 1 fully saturated rings. The molecule has 1 saturated heterocycles. The van der Waals surface area contributed by atoms with E-state index in [-0.39, 0.29) is 11.9 Å². The highest BCUT2D eigenvalue weighted by molar-refractivity contribution is 5.95. The van der Waals surface area contributed by atoms with E-state index in [0.717, 1.165) is 37.1 Å². The molecule has 2 N–H and O–H groups in total. The molecular weight excluding hydrogens is 224 g/mol. The minimum Gasteiger partial charge on any atom is -0.339 e. The smallest absolute Gasteiger partial charge is 0.254 e. The van der Waals surface area contributed by atoms with Gasteiger partial charge in [0.05, 0.1) is 0 Å². The first-order chi connectivity index (χ1) is 8.59. The second-order valence-electron chi connectivity index (χ2n) is 5.30. The second kappa shape index (κ2) is 5.53. The van der Waals surface area contributed by atoms with Crippen molar-refractivity contribution in [2.24, 2.45) is 11.7 Å². The van der Waals surface area contributed by atoms with Crippen LogP contribution >= 0.6 is 0 Å². The molecule has 98 valence electrons. The van der Waals surface area contributed by atoms with Crippen molar-refractivity contribution in [2.45, 2.75) is 32.7 Å². The van der Waals surface area contributed by atoms with Gasteiger partial charge in [0, 0.05) is 24.7 Å². The molecule has 1 heterocycles. The number of carbonyl (C=O) groups is 1. The van der Waals surface area contributed by atoms with E-state index in [1.54, 1.807) is 0 Å². The van der Waals surface area contributed by atoms with Gasteiger partial charge in [0.15, 0.2) is 0 Å². The molecule has 0 spiro atoms. The summed E-state index contributed by atoms with van der Waals surface area (Å²) in [6.45, 7) is 5.71. The highest BCUT2D eigenvalue weighted by atomic mass is 16.2. The lowest BCUT2D eigenvalue weighted by molar-refractivity contribution is 0.0680. The normalized spacial score (nSPS) is 18.7. The fourth-order valence-electron chi connectivity index (χ4n) is 2.61. The van der Waals surface area contributed by atoms with Gasteiger partial charge in [-0.2, -0.15) is 0 Å². The number of hydrogen-bond donors (Lipinski definition) is 1. The molecule has 3 nitrogen and oxygen atoms in total. The fraction of sp³-hybridized carbons (Fsp3) is 0.533. The molecule has 1 aliphatic heterocycles. The van der Waals surface area contributed by atoms with E-state index in [2.05, 4.69) is 6.92 Å². The molecule has 1 unspecified atom stereocenters. The average Bonchev–Trinajstić information content (AvgIpc) is 2.38. The van der Waals surface area contributed by atoms with Gasteiger partial charge in [0.25, 0.3) is 5.91 Å². The highest BCUT2D eigenvalue weighted by Crippen LogP contribution is 2.21. The second-order valence-corrected chi connectivity index (χ2v) is 5.30. The molecule has 1 atom stereocenters. The van der Waals surface area contributed by atoms with Gasteiger partial charge in [-0.3, -0.25) is 4.79 Å². The molecule has 2 rings (SSSR count). The third-order valence-corrected chi connectivity index (χ3v) is 3.95. The maximum atomic E-state index is 12.4. The predicted octanol–water partition coefficient (Wildman–Crippen LogP) is 2.19. The Morgan fingerprint density at radius 2 is 1.94 bits per heavy atom. The Balaban J connectivity index is 2.02. The number of carbonyl (C=O) groups excluding carboxylic acids is 1. The predicted molar refractivity (Wildman–Crippen MR) is 73.5 cm³/mol. The maximum absolute atomic E-state index is 12.4. The zero-order chi connectivity index (χ0) is 13.1. The first-order valence-electron chi connectivity index (χ1n) is 6.70. The number of nitrogens with two attached hydrogens (primary N) is 1. The van der Waals surface area contributed by atoms with Crippen molar-refractivity contribution >= 4 is 5.91 Å². The Morgan fingerprint density at radius 1 is 1.33 bits per heavy atom. The molecule has 0 bridgehead atoms. The lowest BCUT2D eigenvalue weighted by Gasteiger charge is -2.34. The van der Waals surface area contributed by atoms with Crippen molar-refractivity contribution in [1.82, 2.24) is 4.90 Å². The van der Waals surface area contributed by atoms with Crippen LogP contribution in [0, 0.1) is 12.8 Å². The maximum Gasteiger partial charge on any atom is 0.254 e. The Morgan fingerprint density at radius 3 is 2.50 bits per heavy atom. The van der Waals surface area contributed by atoms with Gasteiger partial charge in [0.2, 0.25) is 0 Å². The molecule has 18 heavy (non-hydrogen) atoms. The number of rotatable bonds is 2. The zero-order valence-electron chi connectivity index (χ0n) is 11.2. The summed E-state index contributed by atoms with van der Waals surface area (Å²) in [4.78, 5) is 14.4. The first kappa shape index (κ1) is 13.1.